The SMILES string of the molecule is CC.CC1CCC2C(c3cncc(Cl)c3)Nc3ccc(F)cc3C12.Fc1ccc2c(c1)C1C=CCC1C(c1cccc(Cl)c1)N2. The van der Waals surface area contributed by atoms with Crippen LogP contribution in [0, 0.1) is 29.4 Å². The summed E-state index contributed by atoms with van der Waals surface area (Å²) in [7, 11) is 0. The van der Waals surface area contributed by atoms with Gasteiger partial charge in [0.1, 0.15) is 11.6 Å². The molecular formula is C38H39Cl2F2N3. The number of hydrogen-bond acceptors (Lipinski definition) is 3. The number of benzene rings is 3. The Labute approximate surface area is 275 Å². The first-order chi connectivity index (χ1) is 21.9. The number of aromatic nitrogens is 1. The molecule has 2 aliphatic heterocycles. The monoisotopic (exact) mass is 645 g/mol. The zero-order chi connectivity index (χ0) is 31.7. The number of rotatable bonds is 2. The van der Waals surface area contributed by atoms with Gasteiger partial charge in [-0.1, -0.05) is 68.3 Å². The molecule has 3 heterocycles. The van der Waals surface area contributed by atoms with Crippen molar-refractivity contribution in [2.45, 2.75) is 64.0 Å². The van der Waals surface area contributed by atoms with Gasteiger partial charge in [0.2, 0.25) is 0 Å². The van der Waals surface area contributed by atoms with E-state index >= 15 is 0 Å². The molecule has 2 aliphatic carbocycles. The van der Waals surface area contributed by atoms with E-state index in [1.165, 1.54) is 24.1 Å². The van der Waals surface area contributed by atoms with Gasteiger partial charge in [0.15, 0.2) is 0 Å². The molecule has 234 valence electrons. The van der Waals surface area contributed by atoms with Crippen molar-refractivity contribution in [3.63, 3.8) is 0 Å². The van der Waals surface area contributed by atoms with Crippen LogP contribution >= 0.6 is 23.2 Å². The highest BCUT2D eigenvalue weighted by molar-refractivity contribution is 6.30. The van der Waals surface area contributed by atoms with Gasteiger partial charge in [-0.2, -0.15) is 0 Å². The van der Waals surface area contributed by atoms with Gasteiger partial charge in [0.05, 0.1) is 17.1 Å². The van der Waals surface area contributed by atoms with E-state index in [1.807, 2.05) is 56.4 Å². The Morgan fingerprint density at radius 2 is 1.40 bits per heavy atom. The third-order valence-corrected chi connectivity index (χ3v) is 10.2. The molecule has 0 saturated heterocycles. The van der Waals surface area contributed by atoms with Gasteiger partial charge in [-0.05, 0) is 120 Å². The maximum absolute atomic E-state index is 13.7. The quantitative estimate of drug-likeness (QED) is 0.213. The predicted octanol–water partition coefficient (Wildman–Crippen LogP) is 11.5. The molecule has 7 heteroatoms. The van der Waals surface area contributed by atoms with Crippen LogP contribution in [0.1, 0.15) is 86.2 Å². The molecular weight excluding hydrogens is 607 g/mol. The zero-order valence-corrected chi connectivity index (χ0v) is 27.3. The fourth-order valence-corrected chi connectivity index (χ4v) is 8.27. The molecule has 2 N–H and O–H groups in total. The molecule has 0 radical (unpaired) electrons. The third-order valence-electron chi connectivity index (χ3n) is 9.76. The molecule has 7 unspecified atom stereocenters. The standard InChI is InChI=1S/C18H18ClFN2.C18H15ClFN.C2H6/c1-10-2-4-14-17(10)15-7-13(20)3-5-16(15)22-18(14)11-6-12(19)9-21-8-11;19-12-4-1-3-11(9-12)18-15-6-2-5-14(15)16-10-13(20)7-8-17(16)21-18;1-2/h3,5-10,14,17-18,22H,2,4H2,1H3;1-5,7-10,14-15,18,21H,6H2;1-2H3. The molecule has 8 rings (SSSR count). The largest absolute Gasteiger partial charge is 0.378 e. The lowest BCUT2D eigenvalue weighted by molar-refractivity contribution is 0.371. The van der Waals surface area contributed by atoms with Gasteiger partial charge < -0.3 is 10.6 Å². The number of fused-ring (bicyclic) bond motifs is 6. The highest BCUT2D eigenvalue weighted by Crippen LogP contribution is 2.55. The van der Waals surface area contributed by atoms with E-state index in [9.17, 15) is 8.78 Å². The van der Waals surface area contributed by atoms with Gasteiger partial charge >= 0.3 is 0 Å². The molecule has 7 atom stereocenters. The van der Waals surface area contributed by atoms with Crippen LogP contribution in [-0.4, -0.2) is 4.98 Å². The Balaban J connectivity index is 0.000000151. The summed E-state index contributed by atoms with van der Waals surface area (Å²) in [5.41, 5.74) is 6.56. The number of pyridine rings is 1. The highest BCUT2D eigenvalue weighted by Gasteiger charge is 2.44. The van der Waals surface area contributed by atoms with E-state index in [0.717, 1.165) is 45.9 Å². The van der Waals surface area contributed by atoms with Crippen LogP contribution in [-0.2, 0) is 0 Å². The lowest BCUT2D eigenvalue weighted by atomic mass is 9.75. The Hall–Kier alpha value is -3.41. The van der Waals surface area contributed by atoms with Crippen molar-refractivity contribution < 1.29 is 8.78 Å². The second-order valence-corrected chi connectivity index (χ2v) is 13.2. The van der Waals surface area contributed by atoms with Crippen molar-refractivity contribution >= 4 is 34.6 Å². The number of hydrogen-bond donors (Lipinski definition) is 2. The number of nitrogens with zero attached hydrogens (tertiary/aromatic N) is 1. The van der Waals surface area contributed by atoms with E-state index < -0.39 is 0 Å². The molecule has 4 aromatic rings. The van der Waals surface area contributed by atoms with Crippen LogP contribution in [0.2, 0.25) is 10.0 Å². The number of nitrogens with one attached hydrogen (secondary N) is 2. The summed E-state index contributed by atoms with van der Waals surface area (Å²) in [6, 6.07) is 20.5. The van der Waals surface area contributed by atoms with Crippen molar-refractivity contribution in [1.29, 1.82) is 0 Å². The summed E-state index contributed by atoms with van der Waals surface area (Å²) in [5, 5.41) is 8.58. The molecule has 0 bridgehead atoms. The summed E-state index contributed by atoms with van der Waals surface area (Å²) in [5.74, 6) is 1.80. The minimum atomic E-state index is -0.171. The molecule has 1 aromatic heterocycles. The maximum Gasteiger partial charge on any atom is 0.123 e. The predicted molar refractivity (Wildman–Crippen MR) is 182 cm³/mol. The smallest absolute Gasteiger partial charge is 0.123 e. The molecule has 45 heavy (non-hydrogen) atoms. The van der Waals surface area contributed by atoms with Crippen LogP contribution in [0.25, 0.3) is 0 Å². The zero-order valence-electron chi connectivity index (χ0n) is 25.8. The first kappa shape index (κ1) is 31.6. The molecule has 3 nitrogen and oxygen atoms in total. The maximum atomic E-state index is 13.7. The molecule has 4 aliphatic rings. The van der Waals surface area contributed by atoms with Crippen LogP contribution in [0.5, 0.6) is 0 Å². The van der Waals surface area contributed by atoms with Crippen molar-refractivity contribution in [3.05, 3.63) is 135 Å². The molecule has 0 spiro atoms. The second-order valence-electron chi connectivity index (χ2n) is 12.3. The Kier molecular flexibility index (Phi) is 9.49. The van der Waals surface area contributed by atoms with Crippen LogP contribution < -0.4 is 10.6 Å². The Morgan fingerprint density at radius 1 is 0.733 bits per heavy atom. The lowest BCUT2D eigenvalue weighted by Crippen LogP contribution is -2.30. The summed E-state index contributed by atoms with van der Waals surface area (Å²) in [6.45, 7) is 6.28. The highest BCUT2D eigenvalue weighted by atomic mass is 35.5. The summed E-state index contributed by atoms with van der Waals surface area (Å²) in [6.07, 6.45) is 11.3. The number of allylic oxidation sites excluding steroid dienone is 2. The van der Waals surface area contributed by atoms with Crippen molar-refractivity contribution in [2.75, 3.05) is 10.6 Å². The van der Waals surface area contributed by atoms with Gasteiger partial charge in [0, 0.05) is 34.7 Å². The number of halogens is 4. The molecule has 3 aromatic carbocycles. The topological polar surface area (TPSA) is 37.0 Å². The van der Waals surface area contributed by atoms with Crippen LogP contribution in [0.15, 0.2) is 91.3 Å². The van der Waals surface area contributed by atoms with Crippen LogP contribution in [0.4, 0.5) is 20.2 Å². The van der Waals surface area contributed by atoms with E-state index in [0.29, 0.717) is 28.7 Å². The fourth-order valence-electron chi connectivity index (χ4n) is 7.89. The van der Waals surface area contributed by atoms with Crippen molar-refractivity contribution in [3.8, 4) is 0 Å². The van der Waals surface area contributed by atoms with Gasteiger partial charge in [-0.3, -0.25) is 4.98 Å². The van der Waals surface area contributed by atoms with Crippen LogP contribution in [0.3, 0.4) is 0 Å². The summed E-state index contributed by atoms with van der Waals surface area (Å²) >= 11 is 12.3. The van der Waals surface area contributed by atoms with Crippen molar-refractivity contribution in [2.24, 2.45) is 17.8 Å². The molecule has 1 fully saturated rings. The Bertz CT molecular complexity index is 1690. The van der Waals surface area contributed by atoms with E-state index in [1.54, 1.807) is 18.3 Å². The Morgan fingerprint density at radius 3 is 2.11 bits per heavy atom. The fraction of sp³-hybridized carbons (Fsp3) is 0.342. The third kappa shape index (κ3) is 6.35. The molecule has 0 amide bonds. The van der Waals surface area contributed by atoms with E-state index in [2.05, 4.69) is 40.8 Å². The summed E-state index contributed by atoms with van der Waals surface area (Å²) in [4.78, 5) is 4.23. The first-order valence-corrected chi connectivity index (χ1v) is 16.8. The normalized spacial score (nSPS) is 26.8. The van der Waals surface area contributed by atoms with Gasteiger partial charge in [-0.25, -0.2) is 8.78 Å². The number of anilines is 2. The lowest BCUT2D eigenvalue weighted by Gasteiger charge is -2.38. The average molecular weight is 647 g/mol. The van der Waals surface area contributed by atoms with Gasteiger partial charge in [-0.15, -0.1) is 0 Å². The van der Waals surface area contributed by atoms with Crippen molar-refractivity contribution in [1.82, 2.24) is 4.98 Å². The van der Waals surface area contributed by atoms with Gasteiger partial charge in [0.25, 0.3) is 0 Å². The van der Waals surface area contributed by atoms with E-state index in [-0.39, 0.29) is 29.6 Å². The minimum absolute atomic E-state index is 0.152. The first-order valence-electron chi connectivity index (χ1n) is 16.0. The van der Waals surface area contributed by atoms with E-state index in [4.69, 9.17) is 23.2 Å². The average Bonchev–Trinajstić information content (AvgIpc) is 3.70. The molecule has 1 saturated carbocycles. The minimum Gasteiger partial charge on any atom is -0.378 e. The summed E-state index contributed by atoms with van der Waals surface area (Å²) < 4.78 is 27.3. The second kappa shape index (κ2) is 13.5.